The largest absolute Gasteiger partial charge is 0.494 e. The molecule has 4 atom stereocenters. The predicted octanol–water partition coefficient (Wildman–Crippen LogP) is 8.72. The number of aliphatic hydroxyl groups excluding tert-OH is 1. The number of aromatic nitrogens is 4. The van der Waals surface area contributed by atoms with E-state index in [0.717, 1.165) is 11.6 Å². The number of benzene rings is 4. The van der Waals surface area contributed by atoms with Crippen molar-refractivity contribution in [1.29, 1.82) is 0 Å². The molecule has 84 heavy (non-hydrogen) atoms. The lowest BCUT2D eigenvalue weighted by atomic mass is 9.94. The fraction of sp³-hybridized carbons (Fsp3) is 0.355. The average Bonchev–Trinajstić information content (AvgIpc) is 1.42. The zero-order valence-corrected chi connectivity index (χ0v) is 46.6. The van der Waals surface area contributed by atoms with E-state index < -0.39 is 53.6 Å². The Morgan fingerprint density at radius 2 is 1.54 bits per heavy atom. The Morgan fingerprint density at radius 3 is 2.21 bits per heavy atom. The Bertz CT molecular complexity index is 3480. The van der Waals surface area contributed by atoms with Crippen LogP contribution < -0.4 is 30.4 Å². The minimum atomic E-state index is -5.00. The second-order valence-corrected chi connectivity index (χ2v) is 20.8. The van der Waals surface area contributed by atoms with E-state index in [-0.39, 0.29) is 84.8 Å². The molecule has 9 rings (SSSR count). The molecule has 440 valence electrons. The Kier molecular flexibility index (Phi) is 19.3. The Hall–Kier alpha value is -8.76. The Labute approximate surface area is 482 Å². The molecule has 2 fully saturated rings. The van der Waals surface area contributed by atoms with Crippen molar-refractivity contribution in [2.45, 2.75) is 76.9 Å². The van der Waals surface area contributed by atoms with Crippen LogP contribution in [-0.4, -0.2) is 122 Å². The molecule has 5 heterocycles. The number of alkyl halides is 3. The highest BCUT2D eigenvalue weighted by Crippen LogP contribution is 2.39. The van der Waals surface area contributed by atoms with Gasteiger partial charge in [0, 0.05) is 62.3 Å². The number of anilines is 1. The minimum absolute atomic E-state index is 0.0587. The smallest absolute Gasteiger partial charge is 0.419 e. The normalized spacial score (nSPS) is 16.9. The van der Waals surface area contributed by atoms with Crippen LogP contribution in [0.4, 0.5) is 23.2 Å². The number of hydrogen-bond donors (Lipinski definition) is 3. The molecule has 2 aliphatic rings. The van der Waals surface area contributed by atoms with E-state index in [1.165, 1.54) is 15.7 Å². The van der Waals surface area contributed by atoms with E-state index in [9.17, 15) is 46.6 Å². The summed E-state index contributed by atoms with van der Waals surface area (Å²) >= 11 is 0. The molecule has 2 saturated heterocycles. The van der Waals surface area contributed by atoms with E-state index in [1.54, 1.807) is 127 Å². The first-order valence-electron chi connectivity index (χ1n) is 27.8. The van der Waals surface area contributed by atoms with Crippen LogP contribution in [0.25, 0.3) is 16.7 Å². The molecular weight excluding hydrogens is 1090 g/mol. The topological polar surface area (TPSA) is 211 Å². The fourth-order valence-electron chi connectivity index (χ4n) is 10.7. The van der Waals surface area contributed by atoms with Gasteiger partial charge >= 0.3 is 6.18 Å². The molecule has 7 aromatic rings. The van der Waals surface area contributed by atoms with Gasteiger partial charge in [-0.25, -0.2) is 14.4 Å². The SMILES string of the molecule is CCOc1ccc(-n2c([C@@H](C)N(CC3CCN(C(=O)c4ccc(NC(=O)CCCOc5ccc(OCCNC(=O)[C@H]6CC(O)N(C)[C@@H]6c6cccnc6)cc5)cc4)CC3)C(=O)Cc3ccc(F)c(C(F)(F)F)c3)nc3ncccc3c2=O)cc1. The Balaban J connectivity index is 0.756. The fourth-order valence-corrected chi connectivity index (χ4v) is 10.7. The number of nitrogens with zero attached hydrogens (tertiary/aromatic N) is 7. The molecule has 0 bridgehead atoms. The van der Waals surface area contributed by atoms with Crippen LogP contribution in [0, 0.1) is 17.7 Å². The third kappa shape index (κ3) is 14.5. The molecular formula is C62H65F4N9O9. The number of fused-ring (bicyclic) bond motifs is 1. The monoisotopic (exact) mass is 1160 g/mol. The maximum absolute atomic E-state index is 14.5. The maximum atomic E-state index is 14.5. The van der Waals surface area contributed by atoms with Crippen LogP contribution >= 0.6 is 0 Å². The van der Waals surface area contributed by atoms with Crippen LogP contribution in [0.15, 0.2) is 139 Å². The third-order valence-electron chi connectivity index (χ3n) is 15.1. The number of aliphatic hydroxyl groups is 1. The van der Waals surface area contributed by atoms with Crippen molar-refractivity contribution in [3.63, 3.8) is 0 Å². The quantitative estimate of drug-likeness (QED) is 0.0429. The number of hydrogen-bond acceptors (Lipinski definition) is 13. The number of carbonyl (C=O) groups excluding carboxylic acids is 4. The van der Waals surface area contributed by atoms with Gasteiger partial charge in [0.05, 0.1) is 60.8 Å². The van der Waals surface area contributed by atoms with Crippen molar-refractivity contribution in [2.24, 2.45) is 11.8 Å². The van der Waals surface area contributed by atoms with Gasteiger partial charge in [-0.05, 0) is 160 Å². The number of amides is 4. The summed E-state index contributed by atoms with van der Waals surface area (Å²) in [6.07, 6.45) is 0.426. The summed E-state index contributed by atoms with van der Waals surface area (Å²) in [6, 6.07) is 28.5. The number of ether oxygens (including phenoxy) is 3. The van der Waals surface area contributed by atoms with Crippen molar-refractivity contribution >= 4 is 40.3 Å². The van der Waals surface area contributed by atoms with Crippen LogP contribution in [0.1, 0.15) is 90.9 Å². The van der Waals surface area contributed by atoms with E-state index in [0.29, 0.717) is 91.7 Å². The lowest BCUT2D eigenvalue weighted by Crippen LogP contribution is -2.45. The van der Waals surface area contributed by atoms with Gasteiger partial charge < -0.3 is 39.8 Å². The Morgan fingerprint density at radius 1 is 0.857 bits per heavy atom. The molecule has 0 saturated carbocycles. The highest BCUT2D eigenvalue weighted by molar-refractivity contribution is 5.96. The lowest BCUT2D eigenvalue weighted by molar-refractivity contribution is -0.140. The number of likely N-dealkylation sites (tertiary alicyclic amines) is 2. The zero-order valence-electron chi connectivity index (χ0n) is 46.6. The summed E-state index contributed by atoms with van der Waals surface area (Å²) < 4.78 is 74.5. The number of nitrogens with one attached hydrogen (secondary N) is 2. The van der Waals surface area contributed by atoms with Crippen LogP contribution in [0.2, 0.25) is 0 Å². The van der Waals surface area contributed by atoms with Crippen LogP contribution in [0.5, 0.6) is 17.2 Å². The van der Waals surface area contributed by atoms with Crippen molar-refractivity contribution in [3.05, 3.63) is 178 Å². The zero-order chi connectivity index (χ0) is 59.5. The molecule has 4 aromatic carbocycles. The molecule has 3 N–H and O–H groups in total. The number of piperidine rings is 1. The second kappa shape index (κ2) is 27.1. The van der Waals surface area contributed by atoms with Gasteiger partial charge in [0.1, 0.15) is 41.7 Å². The molecule has 3 aromatic heterocycles. The van der Waals surface area contributed by atoms with Gasteiger partial charge in [-0.15, -0.1) is 0 Å². The molecule has 4 amide bonds. The number of pyridine rings is 2. The molecule has 2 aliphatic heterocycles. The van der Waals surface area contributed by atoms with Crippen molar-refractivity contribution in [3.8, 4) is 22.9 Å². The molecule has 1 unspecified atom stereocenters. The number of carbonyl (C=O) groups is 4. The first-order valence-corrected chi connectivity index (χ1v) is 27.8. The highest BCUT2D eigenvalue weighted by atomic mass is 19.4. The summed E-state index contributed by atoms with van der Waals surface area (Å²) in [7, 11) is 1.79. The van der Waals surface area contributed by atoms with Gasteiger partial charge in [-0.3, -0.25) is 38.4 Å². The summed E-state index contributed by atoms with van der Waals surface area (Å²) in [4.78, 5) is 86.9. The molecule has 0 spiro atoms. The average molecular weight is 1160 g/mol. The van der Waals surface area contributed by atoms with Gasteiger partial charge in [0.15, 0.2) is 5.65 Å². The van der Waals surface area contributed by atoms with Crippen LogP contribution in [0.3, 0.4) is 0 Å². The predicted molar refractivity (Wildman–Crippen MR) is 304 cm³/mol. The van der Waals surface area contributed by atoms with Crippen molar-refractivity contribution in [2.75, 3.05) is 58.4 Å². The van der Waals surface area contributed by atoms with E-state index in [4.69, 9.17) is 19.2 Å². The van der Waals surface area contributed by atoms with E-state index in [1.807, 2.05) is 13.0 Å². The highest BCUT2D eigenvalue weighted by Gasteiger charge is 2.43. The number of halogens is 4. The van der Waals surface area contributed by atoms with Crippen molar-refractivity contribution in [1.82, 2.24) is 39.5 Å². The summed E-state index contributed by atoms with van der Waals surface area (Å²) in [5.41, 5.74) is 0.312. The van der Waals surface area contributed by atoms with Gasteiger partial charge in [0.2, 0.25) is 17.7 Å². The summed E-state index contributed by atoms with van der Waals surface area (Å²) in [5.74, 6) is -1.45. The van der Waals surface area contributed by atoms with Gasteiger partial charge in [-0.1, -0.05) is 12.1 Å². The summed E-state index contributed by atoms with van der Waals surface area (Å²) in [5, 5.41) is 16.5. The summed E-state index contributed by atoms with van der Waals surface area (Å²) in [6.45, 7) is 5.45. The minimum Gasteiger partial charge on any atom is -0.494 e. The van der Waals surface area contributed by atoms with Gasteiger partial charge in [0.25, 0.3) is 11.5 Å². The van der Waals surface area contributed by atoms with Gasteiger partial charge in [-0.2, -0.15) is 13.2 Å². The van der Waals surface area contributed by atoms with E-state index >= 15 is 0 Å². The standard InChI is InChI=1S/C62H65F4N9O9/c1-4-82-46-18-16-45(17-19-46)75-58(71-57-49(61(75)81)9-6-28-68-57)39(2)74(55(78)35-41-11-24-52(63)51(34-41)62(64,65)66)38-40-25-30-73(31-26-40)60(80)42-12-14-44(15-13-42)70-53(76)10-7-32-83-47-20-22-48(23-21-47)84-33-29-69-59(79)50-36-54(77)72(3)56(50)43-8-5-27-67-37-43/h5-6,8-9,11-24,27-28,34,37,39-40,50,54,56,77H,4,7,10,25-26,29-33,35-36,38H2,1-3H3,(H,69,79)(H,70,76)/t39-,50+,54?,56-/m1/s1. The van der Waals surface area contributed by atoms with Crippen LogP contribution in [-0.2, 0) is 27.0 Å². The first-order chi connectivity index (χ1) is 40.4. The number of rotatable bonds is 22. The molecule has 0 radical (unpaired) electrons. The van der Waals surface area contributed by atoms with E-state index in [2.05, 4.69) is 20.6 Å². The third-order valence-corrected chi connectivity index (χ3v) is 15.1. The second-order valence-electron chi connectivity index (χ2n) is 20.8. The first kappa shape index (κ1) is 59.8. The lowest BCUT2D eigenvalue weighted by Gasteiger charge is -2.37. The molecule has 18 nitrogen and oxygen atoms in total. The molecule has 0 aliphatic carbocycles. The van der Waals surface area contributed by atoms with Crippen molar-refractivity contribution < 1.29 is 56.1 Å². The maximum Gasteiger partial charge on any atom is 0.419 e. The molecule has 22 heteroatoms.